The normalized spacial score (nSPS) is 22.2. The van der Waals surface area contributed by atoms with Crippen molar-refractivity contribution in [3.8, 4) is 0 Å². The molecule has 0 unspecified atom stereocenters. The molecule has 27 heavy (non-hydrogen) atoms. The molecule has 2 aromatic rings. The highest BCUT2D eigenvalue weighted by Gasteiger charge is 2.39. The van der Waals surface area contributed by atoms with Crippen molar-refractivity contribution >= 4 is 0 Å². The average molecular weight is 370 g/mol. The third-order valence-corrected chi connectivity index (χ3v) is 4.72. The SMILES string of the molecule is CCCCO[C@H]1CO[C@H](COCc2ccccc2)[C@@H]1OCc1ccccc1. The van der Waals surface area contributed by atoms with Crippen molar-refractivity contribution in [1.82, 2.24) is 0 Å². The van der Waals surface area contributed by atoms with Crippen LogP contribution in [0.3, 0.4) is 0 Å². The van der Waals surface area contributed by atoms with E-state index in [4.69, 9.17) is 18.9 Å². The second-order valence-corrected chi connectivity index (χ2v) is 6.90. The van der Waals surface area contributed by atoms with Crippen LogP contribution in [-0.2, 0) is 32.2 Å². The molecule has 0 saturated carbocycles. The fourth-order valence-corrected chi connectivity index (χ4v) is 3.16. The van der Waals surface area contributed by atoms with Crippen LogP contribution in [-0.4, -0.2) is 38.1 Å². The van der Waals surface area contributed by atoms with Gasteiger partial charge in [0.05, 0.1) is 26.4 Å². The zero-order chi connectivity index (χ0) is 18.7. The van der Waals surface area contributed by atoms with Crippen LogP contribution >= 0.6 is 0 Å². The molecule has 0 spiro atoms. The highest BCUT2D eigenvalue weighted by Crippen LogP contribution is 2.23. The maximum absolute atomic E-state index is 6.22. The quantitative estimate of drug-likeness (QED) is 0.550. The summed E-state index contributed by atoms with van der Waals surface area (Å²) >= 11 is 0. The fourth-order valence-electron chi connectivity index (χ4n) is 3.16. The van der Waals surface area contributed by atoms with Crippen molar-refractivity contribution in [3.63, 3.8) is 0 Å². The molecule has 3 rings (SSSR count). The Bertz CT molecular complexity index is 631. The molecule has 1 fully saturated rings. The van der Waals surface area contributed by atoms with E-state index in [0.29, 0.717) is 26.4 Å². The molecule has 0 bridgehead atoms. The highest BCUT2D eigenvalue weighted by atomic mass is 16.6. The standard InChI is InChI=1S/C23H30O4/c1-2-3-14-25-22-18-26-21(17-24-15-19-10-6-4-7-11-19)23(22)27-16-20-12-8-5-9-13-20/h4-13,21-23H,2-3,14-18H2,1H3/t21-,22+,23+/m1/s1. The Morgan fingerprint density at radius 1 is 0.889 bits per heavy atom. The van der Waals surface area contributed by atoms with E-state index in [-0.39, 0.29) is 18.3 Å². The smallest absolute Gasteiger partial charge is 0.115 e. The third-order valence-electron chi connectivity index (χ3n) is 4.72. The van der Waals surface area contributed by atoms with Crippen LogP contribution < -0.4 is 0 Å². The molecule has 146 valence electrons. The summed E-state index contributed by atoms with van der Waals surface area (Å²) in [6, 6.07) is 20.4. The van der Waals surface area contributed by atoms with Gasteiger partial charge in [0, 0.05) is 6.61 Å². The van der Waals surface area contributed by atoms with E-state index < -0.39 is 0 Å². The van der Waals surface area contributed by atoms with Gasteiger partial charge in [-0.05, 0) is 17.5 Å². The van der Waals surface area contributed by atoms with Crippen molar-refractivity contribution in [2.24, 2.45) is 0 Å². The van der Waals surface area contributed by atoms with Gasteiger partial charge in [0.25, 0.3) is 0 Å². The highest BCUT2D eigenvalue weighted by molar-refractivity contribution is 5.14. The van der Waals surface area contributed by atoms with Crippen LogP contribution in [0, 0.1) is 0 Å². The van der Waals surface area contributed by atoms with Crippen molar-refractivity contribution in [3.05, 3.63) is 71.8 Å². The van der Waals surface area contributed by atoms with Gasteiger partial charge in [0.1, 0.15) is 18.3 Å². The first-order valence-electron chi connectivity index (χ1n) is 9.87. The first-order chi connectivity index (χ1) is 13.4. The van der Waals surface area contributed by atoms with Crippen LogP contribution in [0.15, 0.2) is 60.7 Å². The lowest BCUT2D eigenvalue weighted by Gasteiger charge is -2.23. The molecule has 4 nitrogen and oxygen atoms in total. The van der Waals surface area contributed by atoms with E-state index in [0.717, 1.165) is 30.6 Å². The van der Waals surface area contributed by atoms with Gasteiger partial charge in [-0.3, -0.25) is 0 Å². The Morgan fingerprint density at radius 2 is 1.56 bits per heavy atom. The van der Waals surface area contributed by atoms with Crippen molar-refractivity contribution in [1.29, 1.82) is 0 Å². The predicted molar refractivity (Wildman–Crippen MR) is 106 cm³/mol. The molecule has 1 heterocycles. The molecule has 4 heteroatoms. The summed E-state index contributed by atoms with van der Waals surface area (Å²) in [5.41, 5.74) is 2.31. The summed E-state index contributed by atoms with van der Waals surface area (Å²) in [6.07, 6.45) is 1.91. The first-order valence-corrected chi connectivity index (χ1v) is 9.87. The van der Waals surface area contributed by atoms with Crippen molar-refractivity contribution < 1.29 is 18.9 Å². The minimum absolute atomic E-state index is 0.0365. The minimum Gasteiger partial charge on any atom is -0.374 e. The molecular weight excluding hydrogens is 340 g/mol. The van der Waals surface area contributed by atoms with E-state index in [1.807, 2.05) is 36.4 Å². The maximum Gasteiger partial charge on any atom is 0.115 e. The molecule has 0 aliphatic carbocycles. The molecule has 3 atom stereocenters. The van der Waals surface area contributed by atoms with Gasteiger partial charge in [-0.2, -0.15) is 0 Å². The molecule has 0 radical (unpaired) electrons. The summed E-state index contributed by atoms with van der Waals surface area (Å²) in [5, 5.41) is 0. The van der Waals surface area contributed by atoms with E-state index >= 15 is 0 Å². The van der Waals surface area contributed by atoms with Gasteiger partial charge in [0.2, 0.25) is 0 Å². The summed E-state index contributed by atoms with van der Waals surface area (Å²) in [7, 11) is 0. The second kappa shape index (κ2) is 11.2. The van der Waals surface area contributed by atoms with Crippen LogP contribution in [0.1, 0.15) is 30.9 Å². The Kier molecular flexibility index (Phi) is 8.31. The van der Waals surface area contributed by atoms with Gasteiger partial charge < -0.3 is 18.9 Å². The Balaban J connectivity index is 1.53. The number of unbranched alkanes of at least 4 members (excludes halogenated alkanes) is 1. The summed E-state index contributed by atoms with van der Waals surface area (Å²) in [4.78, 5) is 0. The van der Waals surface area contributed by atoms with E-state index in [1.54, 1.807) is 0 Å². The van der Waals surface area contributed by atoms with Gasteiger partial charge >= 0.3 is 0 Å². The predicted octanol–water partition coefficient (Wildman–Crippen LogP) is 4.37. The topological polar surface area (TPSA) is 36.9 Å². The van der Waals surface area contributed by atoms with Crippen LogP contribution in [0.4, 0.5) is 0 Å². The van der Waals surface area contributed by atoms with E-state index in [9.17, 15) is 0 Å². The van der Waals surface area contributed by atoms with E-state index in [2.05, 4.69) is 31.2 Å². The largest absolute Gasteiger partial charge is 0.374 e. The summed E-state index contributed by atoms with van der Waals surface area (Å²) in [5.74, 6) is 0. The number of ether oxygens (including phenoxy) is 4. The average Bonchev–Trinajstić information content (AvgIpc) is 3.10. The Hall–Kier alpha value is -1.72. The van der Waals surface area contributed by atoms with E-state index in [1.165, 1.54) is 0 Å². The van der Waals surface area contributed by atoms with Gasteiger partial charge in [-0.15, -0.1) is 0 Å². The lowest BCUT2D eigenvalue weighted by atomic mass is 10.1. The number of rotatable bonds is 11. The molecule has 1 aliphatic heterocycles. The number of hydrogen-bond acceptors (Lipinski definition) is 4. The summed E-state index contributed by atoms with van der Waals surface area (Å²) in [6.45, 7) is 5.10. The van der Waals surface area contributed by atoms with Crippen molar-refractivity contribution in [2.75, 3.05) is 19.8 Å². The van der Waals surface area contributed by atoms with Gasteiger partial charge in [-0.1, -0.05) is 74.0 Å². The monoisotopic (exact) mass is 370 g/mol. The van der Waals surface area contributed by atoms with Crippen molar-refractivity contribution in [2.45, 2.75) is 51.3 Å². The van der Waals surface area contributed by atoms with Crippen LogP contribution in [0.2, 0.25) is 0 Å². The van der Waals surface area contributed by atoms with Gasteiger partial charge in [0.15, 0.2) is 0 Å². The summed E-state index contributed by atoms with van der Waals surface area (Å²) < 4.78 is 24.1. The molecule has 0 amide bonds. The molecule has 0 aromatic heterocycles. The molecule has 2 aromatic carbocycles. The Morgan fingerprint density at radius 3 is 2.22 bits per heavy atom. The van der Waals surface area contributed by atoms with Crippen LogP contribution in [0.25, 0.3) is 0 Å². The maximum atomic E-state index is 6.22. The van der Waals surface area contributed by atoms with Gasteiger partial charge in [-0.25, -0.2) is 0 Å². The zero-order valence-corrected chi connectivity index (χ0v) is 16.1. The van der Waals surface area contributed by atoms with Crippen LogP contribution in [0.5, 0.6) is 0 Å². The lowest BCUT2D eigenvalue weighted by molar-refractivity contribution is -0.0868. The molecule has 1 saturated heterocycles. The third kappa shape index (κ3) is 6.43. The number of benzene rings is 2. The minimum atomic E-state index is -0.113. The fraction of sp³-hybridized carbons (Fsp3) is 0.478. The molecule has 1 aliphatic rings. The molecule has 0 N–H and O–H groups in total. The number of hydrogen-bond donors (Lipinski definition) is 0. The first kappa shape index (κ1) is 20.0. The lowest BCUT2D eigenvalue weighted by Crippen LogP contribution is -2.37. The molecular formula is C23H30O4. The zero-order valence-electron chi connectivity index (χ0n) is 16.1. The second-order valence-electron chi connectivity index (χ2n) is 6.90. The Labute approximate surface area is 162 Å².